The number of aliphatic carboxylic acids is 1. The second-order valence-corrected chi connectivity index (χ2v) is 5.41. The van der Waals surface area contributed by atoms with E-state index in [2.05, 4.69) is 0 Å². The largest absolute Gasteiger partial charge is 0.479 e. The van der Waals surface area contributed by atoms with E-state index in [9.17, 15) is 19.5 Å². The Morgan fingerprint density at radius 3 is 2.67 bits per heavy atom. The summed E-state index contributed by atoms with van der Waals surface area (Å²) in [5, 5.41) is 9.53. The van der Waals surface area contributed by atoms with Crippen molar-refractivity contribution in [3.05, 3.63) is 0 Å². The van der Waals surface area contributed by atoms with Crippen LogP contribution in [-0.4, -0.2) is 70.7 Å². The summed E-state index contributed by atoms with van der Waals surface area (Å²) in [6.07, 6.45) is 1.40. The van der Waals surface area contributed by atoms with Gasteiger partial charge in [0.1, 0.15) is 11.6 Å². The minimum atomic E-state index is -1.18. The maximum absolute atomic E-state index is 12.7. The zero-order valence-corrected chi connectivity index (χ0v) is 12.1. The van der Waals surface area contributed by atoms with E-state index in [-0.39, 0.29) is 13.2 Å². The first-order valence-corrected chi connectivity index (χ1v) is 7.12. The van der Waals surface area contributed by atoms with Crippen molar-refractivity contribution in [3.63, 3.8) is 0 Å². The average molecular weight is 299 g/mol. The van der Waals surface area contributed by atoms with Gasteiger partial charge >= 0.3 is 12.0 Å². The molecule has 2 heterocycles. The number of nitrogens with two attached hydrogens (primary N) is 1. The highest BCUT2D eigenvalue weighted by Crippen LogP contribution is 2.34. The summed E-state index contributed by atoms with van der Waals surface area (Å²) in [5.41, 5.74) is 4.12. The standard InChI is InChI=1S/C13H21N3O5/c1-2-13(11(18)19)4-3-5-16(13)12(20)15-6-7-21-8-9(15)10(14)17/h9H,2-8H2,1H3,(H2,14,17)(H,18,19). The third-order valence-electron chi connectivity index (χ3n) is 4.41. The molecule has 0 aliphatic carbocycles. The van der Waals surface area contributed by atoms with Crippen LogP contribution in [0.15, 0.2) is 0 Å². The van der Waals surface area contributed by atoms with Crippen molar-refractivity contribution in [2.45, 2.75) is 37.8 Å². The number of nitrogens with zero attached hydrogens (tertiary/aromatic N) is 2. The Balaban J connectivity index is 2.25. The molecule has 2 aliphatic heterocycles. The van der Waals surface area contributed by atoms with E-state index in [1.807, 2.05) is 0 Å². The van der Waals surface area contributed by atoms with Gasteiger partial charge in [-0.25, -0.2) is 9.59 Å². The van der Waals surface area contributed by atoms with Crippen molar-refractivity contribution < 1.29 is 24.2 Å². The van der Waals surface area contributed by atoms with Gasteiger partial charge in [0, 0.05) is 13.1 Å². The number of morpholine rings is 1. The minimum absolute atomic E-state index is 0.0567. The lowest BCUT2D eigenvalue weighted by molar-refractivity contribution is -0.148. The van der Waals surface area contributed by atoms with Crippen LogP contribution in [0.1, 0.15) is 26.2 Å². The van der Waals surface area contributed by atoms with Crippen LogP contribution in [0.4, 0.5) is 4.79 Å². The van der Waals surface area contributed by atoms with Gasteiger partial charge in [-0.15, -0.1) is 0 Å². The highest BCUT2D eigenvalue weighted by Gasteiger charge is 2.50. The lowest BCUT2D eigenvalue weighted by Crippen LogP contribution is -2.62. The van der Waals surface area contributed by atoms with Crippen LogP contribution in [0.25, 0.3) is 0 Å². The zero-order chi connectivity index (χ0) is 15.6. The van der Waals surface area contributed by atoms with Crippen molar-refractivity contribution in [1.82, 2.24) is 9.80 Å². The third-order valence-corrected chi connectivity index (χ3v) is 4.41. The number of hydrogen-bond donors (Lipinski definition) is 2. The molecule has 2 fully saturated rings. The molecule has 0 saturated carbocycles. The molecule has 2 aliphatic rings. The number of likely N-dealkylation sites (tertiary alicyclic amines) is 1. The molecular formula is C13H21N3O5. The Bertz CT molecular complexity index is 455. The number of amides is 3. The molecule has 8 heteroatoms. The molecule has 3 amide bonds. The predicted octanol–water partition coefficient (Wildman–Crippen LogP) is -0.378. The van der Waals surface area contributed by atoms with Gasteiger partial charge in [-0.2, -0.15) is 0 Å². The molecule has 0 aromatic heterocycles. The monoisotopic (exact) mass is 299 g/mol. The highest BCUT2D eigenvalue weighted by atomic mass is 16.5. The first-order chi connectivity index (χ1) is 9.94. The number of carboxylic acid groups (broad SMARTS) is 1. The maximum Gasteiger partial charge on any atom is 0.329 e. The normalized spacial score (nSPS) is 29.5. The summed E-state index contributed by atoms with van der Waals surface area (Å²) in [7, 11) is 0. The first kappa shape index (κ1) is 15.6. The summed E-state index contributed by atoms with van der Waals surface area (Å²) in [6.45, 7) is 2.74. The van der Waals surface area contributed by atoms with Gasteiger partial charge in [0.25, 0.3) is 0 Å². The van der Waals surface area contributed by atoms with E-state index in [0.717, 1.165) is 0 Å². The van der Waals surface area contributed by atoms with Crippen molar-refractivity contribution in [3.8, 4) is 0 Å². The number of ether oxygens (including phenoxy) is 1. The molecule has 2 unspecified atom stereocenters. The first-order valence-electron chi connectivity index (χ1n) is 7.12. The molecule has 2 atom stereocenters. The number of carbonyl (C=O) groups is 3. The number of carboxylic acids is 1. The maximum atomic E-state index is 12.7. The Morgan fingerprint density at radius 1 is 1.38 bits per heavy atom. The molecule has 2 saturated heterocycles. The molecule has 0 aromatic carbocycles. The van der Waals surface area contributed by atoms with Crippen LogP contribution in [0.5, 0.6) is 0 Å². The molecule has 8 nitrogen and oxygen atoms in total. The van der Waals surface area contributed by atoms with Gasteiger partial charge in [-0.05, 0) is 19.3 Å². The second kappa shape index (κ2) is 5.88. The summed E-state index contributed by atoms with van der Waals surface area (Å²) < 4.78 is 5.18. The number of urea groups is 1. The summed E-state index contributed by atoms with van der Waals surface area (Å²) in [6, 6.07) is -1.28. The van der Waals surface area contributed by atoms with Gasteiger partial charge in [-0.1, -0.05) is 6.92 Å². The van der Waals surface area contributed by atoms with Gasteiger partial charge in [-0.3, -0.25) is 4.79 Å². The van der Waals surface area contributed by atoms with Crippen molar-refractivity contribution in [1.29, 1.82) is 0 Å². The van der Waals surface area contributed by atoms with Gasteiger partial charge in [0.2, 0.25) is 5.91 Å². The highest BCUT2D eigenvalue weighted by molar-refractivity contribution is 5.90. The number of rotatable bonds is 3. The summed E-state index contributed by atoms with van der Waals surface area (Å²) >= 11 is 0. The van der Waals surface area contributed by atoms with Crippen LogP contribution >= 0.6 is 0 Å². The Kier molecular flexibility index (Phi) is 4.36. The zero-order valence-electron chi connectivity index (χ0n) is 12.1. The van der Waals surface area contributed by atoms with Crippen LogP contribution in [0, 0.1) is 0 Å². The molecule has 2 rings (SSSR count). The van der Waals surface area contributed by atoms with Gasteiger partial charge < -0.3 is 25.4 Å². The minimum Gasteiger partial charge on any atom is -0.479 e. The summed E-state index contributed by atoms with van der Waals surface area (Å²) in [5.74, 6) is -1.64. The lowest BCUT2D eigenvalue weighted by Gasteiger charge is -2.41. The number of carbonyl (C=O) groups excluding carboxylic acids is 2. The molecule has 0 bridgehead atoms. The van der Waals surface area contributed by atoms with E-state index < -0.39 is 29.5 Å². The van der Waals surface area contributed by atoms with E-state index in [4.69, 9.17) is 10.5 Å². The number of hydrogen-bond acceptors (Lipinski definition) is 4. The Labute approximate surface area is 122 Å². The van der Waals surface area contributed by atoms with E-state index in [1.165, 1.54) is 9.80 Å². The fourth-order valence-corrected chi connectivity index (χ4v) is 3.12. The summed E-state index contributed by atoms with van der Waals surface area (Å²) in [4.78, 5) is 38.5. The van der Waals surface area contributed by atoms with Crippen LogP contribution in [-0.2, 0) is 14.3 Å². The topological polar surface area (TPSA) is 113 Å². The smallest absolute Gasteiger partial charge is 0.329 e. The molecule has 0 radical (unpaired) electrons. The Hall–Kier alpha value is -1.83. The van der Waals surface area contributed by atoms with Gasteiger partial charge in [0.05, 0.1) is 13.2 Å². The molecule has 0 spiro atoms. The fourth-order valence-electron chi connectivity index (χ4n) is 3.12. The molecule has 21 heavy (non-hydrogen) atoms. The van der Waals surface area contributed by atoms with Crippen LogP contribution in [0.2, 0.25) is 0 Å². The second-order valence-electron chi connectivity index (χ2n) is 5.41. The van der Waals surface area contributed by atoms with Crippen LogP contribution in [0.3, 0.4) is 0 Å². The number of primary amides is 1. The van der Waals surface area contributed by atoms with E-state index in [1.54, 1.807) is 6.92 Å². The lowest BCUT2D eigenvalue weighted by atomic mass is 9.93. The van der Waals surface area contributed by atoms with E-state index >= 15 is 0 Å². The molecule has 3 N–H and O–H groups in total. The van der Waals surface area contributed by atoms with Crippen molar-refractivity contribution in [2.75, 3.05) is 26.3 Å². The molecular weight excluding hydrogens is 278 g/mol. The molecule has 118 valence electrons. The SMILES string of the molecule is CCC1(C(=O)O)CCCN1C(=O)N1CCOCC1C(N)=O. The fraction of sp³-hybridized carbons (Fsp3) is 0.769. The van der Waals surface area contributed by atoms with Gasteiger partial charge in [0.15, 0.2) is 0 Å². The molecule has 0 aromatic rings. The van der Waals surface area contributed by atoms with Crippen LogP contribution < -0.4 is 5.73 Å². The van der Waals surface area contributed by atoms with Crippen molar-refractivity contribution >= 4 is 17.9 Å². The third kappa shape index (κ3) is 2.55. The predicted molar refractivity (Wildman–Crippen MR) is 72.5 cm³/mol. The average Bonchev–Trinajstić information content (AvgIpc) is 2.91. The Morgan fingerprint density at radius 2 is 2.10 bits per heavy atom. The van der Waals surface area contributed by atoms with Crippen molar-refractivity contribution in [2.24, 2.45) is 5.73 Å². The van der Waals surface area contributed by atoms with E-state index in [0.29, 0.717) is 32.4 Å². The quantitative estimate of drug-likeness (QED) is 0.737.